The lowest BCUT2D eigenvalue weighted by atomic mass is 10.2. The van der Waals surface area contributed by atoms with E-state index in [4.69, 9.17) is 14.2 Å². The van der Waals surface area contributed by atoms with Crippen molar-refractivity contribution in [3.05, 3.63) is 41.6 Å². The van der Waals surface area contributed by atoms with E-state index in [2.05, 4.69) is 12.2 Å². The van der Waals surface area contributed by atoms with Crippen LogP contribution in [0.25, 0.3) is 0 Å². The van der Waals surface area contributed by atoms with Gasteiger partial charge in [0.1, 0.15) is 0 Å². The molecule has 1 aliphatic rings. The minimum Gasteiger partial charge on any atom is -0.462 e. The molecular weight excluding hydrogens is 350 g/mol. The van der Waals surface area contributed by atoms with Crippen LogP contribution in [0.4, 0.5) is 5.69 Å². The van der Waals surface area contributed by atoms with Gasteiger partial charge in [-0.1, -0.05) is 26.2 Å². The highest BCUT2D eigenvalue weighted by Crippen LogP contribution is 2.22. The maximum Gasteiger partial charge on any atom is 0.350 e. The maximum absolute atomic E-state index is 12.0. The van der Waals surface area contributed by atoms with E-state index in [9.17, 15) is 14.4 Å². The highest BCUT2D eigenvalue weighted by molar-refractivity contribution is 6.15. The molecule has 0 bridgehead atoms. The molecule has 0 saturated carbocycles. The van der Waals surface area contributed by atoms with Crippen molar-refractivity contribution in [2.45, 2.75) is 52.2 Å². The summed E-state index contributed by atoms with van der Waals surface area (Å²) in [5.41, 5.74) is 0.791. The maximum atomic E-state index is 12.0. The fourth-order valence-electron chi connectivity index (χ4n) is 2.41. The molecule has 7 heteroatoms. The molecule has 0 radical (unpaired) electrons. The molecule has 0 amide bonds. The summed E-state index contributed by atoms with van der Waals surface area (Å²) >= 11 is 0. The molecule has 1 aromatic carbocycles. The highest BCUT2D eigenvalue weighted by atomic mass is 16.7. The van der Waals surface area contributed by atoms with E-state index >= 15 is 0 Å². The summed E-state index contributed by atoms with van der Waals surface area (Å²) in [7, 11) is 0. The third-order valence-corrected chi connectivity index (χ3v) is 3.85. The molecule has 1 aromatic rings. The Hall–Kier alpha value is -2.83. The predicted molar refractivity (Wildman–Crippen MR) is 98.8 cm³/mol. The van der Waals surface area contributed by atoms with Crippen LogP contribution >= 0.6 is 0 Å². The molecule has 0 unspecified atom stereocenters. The van der Waals surface area contributed by atoms with Crippen molar-refractivity contribution in [2.75, 3.05) is 11.9 Å². The minimum atomic E-state index is -1.27. The van der Waals surface area contributed by atoms with E-state index in [1.165, 1.54) is 20.0 Å². The standard InChI is InChI=1S/C20H25NO6/c1-4-5-6-7-12-25-17(22)14-8-10-15(11-9-14)21-13-16-18(23)26-20(2,3)27-19(16)24/h8-11,13,21H,4-7,12H2,1-3H3. The molecular formula is C20H25NO6. The van der Waals surface area contributed by atoms with Crippen LogP contribution in [-0.2, 0) is 23.8 Å². The number of esters is 3. The molecule has 1 aliphatic heterocycles. The summed E-state index contributed by atoms with van der Waals surface area (Å²) in [5, 5.41) is 2.82. The van der Waals surface area contributed by atoms with Crippen LogP contribution in [0.15, 0.2) is 36.0 Å². The van der Waals surface area contributed by atoms with Crippen LogP contribution in [-0.4, -0.2) is 30.3 Å². The number of nitrogens with one attached hydrogen (secondary N) is 1. The largest absolute Gasteiger partial charge is 0.462 e. The Morgan fingerprint density at radius 3 is 2.30 bits per heavy atom. The number of ether oxygens (including phenoxy) is 3. The molecule has 0 aromatic heterocycles. The molecule has 0 spiro atoms. The molecule has 0 aliphatic carbocycles. The number of carbonyl (C=O) groups excluding carboxylic acids is 3. The molecule has 0 atom stereocenters. The molecule has 1 heterocycles. The Morgan fingerprint density at radius 1 is 1.07 bits per heavy atom. The van der Waals surface area contributed by atoms with Crippen molar-refractivity contribution >= 4 is 23.6 Å². The first-order valence-corrected chi connectivity index (χ1v) is 9.03. The summed E-state index contributed by atoms with van der Waals surface area (Å²) in [4.78, 5) is 35.7. The molecule has 146 valence electrons. The smallest absolute Gasteiger partial charge is 0.350 e. The molecule has 1 fully saturated rings. The first-order chi connectivity index (χ1) is 12.8. The van der Waals surface area contributed by atoms with E-state index < -0.39 is 17.7 Å². The van der Waals surface area contributed by atoms with Crippen LogP contribution in [0, 0.1) is 0 Å². The summed E-state index contributed by atoms with van der Waals surface area (Å²) < 4.78 is 15.2. The van der Waals surface area contributed by atoms with Gasteiger partial charge in [-0.3, -0.25) is 0 Å². The van der Waals surface area contributed by atoms with Crippen LogP contribution < -0.4 is 5.32 Å². The fourth-order valence-corrected chi connectivity index (χ4v) is 2.41. The first-order valence-electron chi connectivity index (χ1n) is 9.03. The lowest BCUT2D eigenvalue weighted by Crippen LogP contribution is -2.42. The van der Waals surface area contributed by atoms with Crippen molar-refractivity contribution in [1.29, 1.82) is 0 Å². The Morgan fingerprint density at radius 2 is 1.70 bits per heavy atom. The second-order valence-electron chi connectivity index (χ2n) is 6.66. The number of hydrogen-bond donors (Lipinski definition) is 1. The first kappa shape index (κ1) is 20.5. The Labute approximate surface area is 158 Å². The van der Waals surface area contributed by atoms with Gasteiger partial charge in [-0.15, -0.1) is 0 Å². The predicted octanol–water partition coefficient (Wildman–Crippen LogP) is 3.56. The zero-order valence-corrected chi connectivity index (χ0v) is 15.9. The Kier molecular flexibility index (Phi) is 6.98. The number of anilines is 1. The molecule has 27 heavy (non-hydrogen) atoms. The van der Waals surface area contributed by atoms with Crippen LogP contribution in [0.2, 0.25) is 0 Å². The van der Waals surface area contributed by atoms with Gasteiger partial charge in [-0.2, -0.15) is 0 Å². The van der Waals surface area contributed by atoms with Gasteiger partial charge in [0.05, 0.1) is 12.2 Å². The van der Waals surface area contributed by atoms with Gasteiger partial charge in [0.25, 0.3) is 5.79 Å². The number of benzene rings is 1. The van der Waals surface area contributed by atoms with Crippen molar-refractivity contribution in [1.82, 2.24) is 0 Å². The van der Waals surface area contributed by atoms with Gasteiger partial charge < -0.3 is 19.5 Å². The lowest BCUT2D eigenvalue weighted by molar-refractivity contribution is -0.222. The second kappa shape index (κ2) is 9.21. The number of cyclic esters (lactones) is 2. The topological polar surface area (TPSA) is 90.9 Å². The van der Waals surface area contributed by atoms with E-state index in [1.54, 1.807) is 24.3 Å². The van der Waals surface area contributed by atoms with Crippen LogP contribution in [0.1, 0.15) is 56.8 Å². The van der Waals surface area contributed by atoms with E-state index in [0.717, 1.165) is 25.7 Å². The van der Waals surface area contributed by atoms with E-state index in [1.807, 2.05) is 0 Å². The van der Waals surface area contributed by atoms with Crippen LogP contribution in [0.5, 0.6) is 0 Å². The fraction of sp³-hybridized carbons (Fsp3) is 0.450. The number of unbranched alkanes of at least 4 members (excludes halogenated alkanes) is 3. The Balaban J connectivity index is 1.89. The number of hydrogen-bond acceptors (Lipinski definition) is 7. The quantitative estimate of drug-likeness (QED) is 0.321. The zero-order chi connectivity index (χ0) is 19.9. The van der Waals surface area contributed by atoms with E-state index in [0.29, 0.717) is 17.9 Å². The molecule has 2 rings (SSSR count). The number of carbonyl (C=O) groups is 3. The molecule has 7 nitrogen and oxygen atoms in total. The van der Waals surface area contributed by atoms with Gasteiger partial charge in [-0.05, 0) is 30.7 Å². The average molecular weight is 375 g/mol. The van der Waals surface area contributed by atoms with Crippen molar-refractivity contribution in [3.8, 4) is 0 Å². The van der Waals surface area contributed by atoms with Gasteiger partial charge in [0, 0.05) is 25.7 Å². The van der Waals surface area contributed by atoms with Crippen molar-refractivity contribution in [2.24, 2.45) is 0 Å². The SMILES string of the molecule is CCCCCCOC(=O)c1ccc(NC=C2C(=O)OC(C)(C)OC2=O)cc1. The summed E-state index contributed by atoms with van der Waals surface area (Å²) in [6.45, 7) is 5.49. The van der Waals surface area contributed by atoms with E-state index in [-0.39, 0.29) is 11.5 Å². The molecule has 1 saturated heterocycles. The third-order valence-electron chi connectivity index (χ3n) is 3.85. The average Bonchev–Trinajstić information content (AvgIpc) is 2.60. The normalized spacial score (nSPS) is 15.6. The van der Waals surface area contributed by atoms with Gasteiger partial charge >= 0.3 is 17.9 Å². The lowest BCUT2D eigenvalue weighted by Gasteiger charge is -2.29. The van der Waals surface area contributed by atoms with Gasteiger partial charge in [-0.25, -0.2) is 14.4 Å². The molecule has 1 N–H and O–H groups in total. The zero-order valence-electron chi connectivity index (χ0n) is 15.9. The summed E-state index contributed by atoms with van der Waals surface area (Å²) in [6.07, 6.45) is 5.39. The highest BCUT2D eigenvalue weighted by Gasteiger charge is 2.38. The monoisotopic (exact) mass is 375 g/mol. The van der Waals surface area contributed by atoms with Gasteiger partial charge in [0.2, 0.25) is 0 Å². The minimum absolute atomic E-state index is 0.232. The summed E-state index contributed by atoms with van der Waals surface area (Å²) in [5.74, 6) is -3.17. The summed E-state index contributed by atoms with van der Waals surface area (Å²) in [6, 6.07) is 6.51. The number of rotatable bonds is 8. The van der Waals surface area contributed by atoms with Crippen LogP contribution in [0.3, 0.4) is 0 Å². The van der Waals surface area contributed by atoms with Crippen molar-refractivity contribution < 1.29 is 28.6 Å². The van der Waals surface area contributed by atoms with Gasteiger partial charge in [0.15, 0.2) is 5.57 Å². The second-order valence-corrected chi connectivity index (χ2v) is 6.66. The van der Waals surface area contributed by atoms with Crippen molar-refractivity contribution in [3.63, 3.8) is 0 Å². The third kappa shape index (κ3) is 6.13. The Bertz CT molecular complexity index is 698.